The van der Waals surface area contributed by atoms with Gasteiger partial charge in [0.2, 0.25) is 17.7 Å². The highest BCUT2D eigenvalue weighted by Crippen LogP contribution is 2.34. The first-order valence-corrected chi connectivity index (χ1v) is 10.4. The van der Waals surface area contributed by atoms with E-state index in [1.807, 2.05) is 6.92 Å². The third-order valence-electron chi connectivity index (χ3n) is 5.77. The van der Waals surface area contributed by atoms with Crippen molar-refractivity contribution >= 4 is 34.2 Å². The van der Waals surface area contributed by atoms with Gasteiger partial charge in [0.15, 0.2) is 0 Å². The van der Waals surface area contributed by atoms with Crippen molar-refractivity contribution in [3.63, 3.8) is 0 Å². The second kappa shape index (κ2) is 8.73. The fourth-order valence-corrected chi connectivity index (χ4v) is 4.27. The average molecular weight is 449 g/mol. The molecule has 1 fully saturated rings. The summed E-state index contributed by atoms with van der Waals surface area (Å²) in [5.41, 5.74) is 6.85. The number of carbonyl (C=O) groups is 3. The minimum Gasteiger partial charge on any atom is -0.496 e. The predicted molar refractivity (Wildman–Crippen MR) is 121 cm³/mol. The Kier molecular flexibility index (Phi) is 5.82. The van der Waals surface area contributed by atoms with Gasteiger partial charge in [-0.25, -0.2) is 5.10 Å². The molecule has 170 valence electrons. The number of aromatic amines is 1. The van der Waals surface area contributed by atoms with E-state index in [2.05, 4.69) is 20.8 Å². The van der Waals surface area contributed by atoms with Crippen molar-refractivity contribution in [1.82, 2.24) is 15.5 Å². The lowest BCUT2D eigenvalue weighted by molar-refractivity contribution is -0.134. The van der Waals surface area contributed by atoms with Crippen LogP contribution in [-0.2, 0) is 9.59 Å². The number of carbonyl (C=O) groups excluding carboxylic acids is 3. The standard InChI is InChI=1S/C23H23N5O5/c1-11(18-13(21(24)30)6-4-8-16(18)33-2)25-15-7-3-5-12-19(15)23(32)28-27-20(12)14-9-10-17(29)26-22(14)31/h3-8,11,14,25H,9-10H2,1-2H3,(H2,24,30)(H,28,32)(H,26,29,31). The Morgan fingerprint density at radius 1 is 1.21 bits per heavy atom. The number of ether oxygens (including phenoxy) is 1. The van der Waals surface area contributed by atoms with Crippen LogP contribution < -0.4 is 26.7 Å². The first kappa shape index (κ1) is 22.0. The number of amides is 3. The third-order valence-corrected chi connectivity index (χ3v) is 5.77. The van der Waals surface area contributed by atoms with Crippen LogP contribution in [0.5, 0.6) is 5.75 Å². The van der Waals surface area contributed by atoms with Crippen LogP contribution in [0.25, 0.3) is 10.8 Å². The molecular weight excluding hydrogens is 426 g/mol. The quantitative estimate of drug-likeness (QED) is 0.417. The van der Waals surface area contributed by atoms with E-state index in [1.165, 1.54) is 7.11 Å². The monoisotopic (exact) mass is 449 g/mol. The van der Waals surface area contributed by atoms with E-state index in [1.54, 1.807) is 36.4 Å². The second-order valence-corrected chi connectivity index (χ2v) is 7.82. The number of nitrogens with one attached hydrogen (secondary N) is 3. The highest BCUT2D eigenvalue weighted by Gasteiger charge is 2.31. The van der Waals surface area contributed by atoms with Gasteiger partial charge in [0, 0.05) is 28.6 Å². The van der Waals surface area contributed by atoms with Crippen LogP contribution in [-0.4, -0.2) is 35.0 Å². The van der Waals surface area contributed by atoms with E-state index in [4.69, 9.17) is 10.5 Å². The van der Waals surface area contributed by atoms with Crippen LogP contribution in [0.1, 0.15) is 53.3 Å². The topological polar surface area (TPSA) is 156 Å². The number of fused-ring (bicyclic) bond motifs is 1. The molecule has 1 aliphatic rings. The van der Waals surface area contributed by atoms with Gasteiger partial charge in [-0.1, -0.05) is 18.2 Å². The summed E-state index contributed by atoms with van der Waals surface area (Å²) in [6, 6.07) is 9.73. The zero-order chi connectivity index (χ0) is 23.7. The SMILES string of the molecule is COc1cccc(C(N)=O)c1C(C)Nc1cccc2c(C3CCC(=O)NC3=O)n[nH]c(=O)c12. The molecule has 1 saturated heterocycles. The van der Waals surface area contributed by atoms with Gasteiger partial charge >= 0.3 is 0 Å². The molecule has 2 unspecified atom stereocenters. The molecule has 10 heteroatoms. The zero-order valence-corrected chi connectivity index (χ0v) is 18.1. The number of rotatable bonds is 6. The molecule has 33 heavy (non-hydrogen) atoms. The Bertz CT molecular complexity index is 1330. The van der Waals surface area contributed by atoms with Crippen molar-refractivity contribution in [3.8, 4) is 5.75 Å². The summed E-state index contributed by atoms with van der Waals surface area (Å²) < 4.78 is 5.43. The number of nitrogens with two attached hydrogens (primary N) is 1. The largest absolute Gasteiger partial charge is 0.496 e. The van der Waals surface area contributed by atoms with Crippen molar-refractivity contribution in [2.45, 2.75) is 31.7 Å². The van der Waals surface area contributed by atoms with Crippen molar-refractivity contribution in [2.24, 2.45) is 5.73 Å². The number of methoxy groups -OCH3 is 1. The lowest BCUT2D eigenvalue weighted by Crippen LogP contribution is -2.40. The molecule has 2 heterocycles. The molecule has 1 aliphatic heterocycles. The fraction of sp³-hybridized carbons (Fsp3) is 0.261. The van der Waals surface area contributed by atoms with Gasteiger partial charge in [0.1, 0.15) is 5.75 Å². The van der Waals surface area contributed by atoms with E-state index < -0.39 is 29.3 Å². The van der Waals surface area contributed by atoms with Crippen LogP contribution in [0.2, 0.25) is 0 Å². The fourth-order valence-electron chi connectivity index (χ4n) is 4.27. The number of nitrogens with zero attached hydrogens (tertiary/aromatic N) is 1. The molecule has 0 radical (unpaired) electrons. The van der Waals surface area contributed by atoms with Gasteiger partial charge in [-0.2, -0.15) is 5.10 Å². The van der Waals surface area contributed by atoms with Crippen LogP contribution in [0.3, 0.4) is 0 Å². The third kappa shape index (κ3) is 4.02. The molecule has 3 aromatic rings. The molecule has 10 nitrogen and oxygen atoms in total. The average Bonchev–Trinajstić information content (AvgIpc) is 2.79. The molecule has 0 bridgehead atoms. The molecule has 0 aliphatic carbocycles. The molecule has 3 amide bonds. The second-order valence-electron chi connectivity index (χ2n) is 7.82. The Balaban J connectivity index is 1.79. The zero-order valence-electron chi connectivity index (χ0n) is 18.1. The maximum atomic E-state index is 12.8. The Morgan fingerprint density at radius 2 is 1.97 bits per heavy atom. The predicted octanol–water partition coefficient (Wildman–Crippen LogP) is 1.72. The van der Waals surface area contributed by atoms with Gasteiger partial charge in [-0.05, 0) is 31.5 Å². The van der Waals surface area contributed by atoms with Crippen LogP contribution in [0.15, 0.2) is 41.2 Å². The summed E-state index contributed by atoms with van der Waals surface area (Å²) in [7, 11) is 1.50. The Hall–Kier alpha value is -4.21. The van der Waals surface area contributed by atoms with Gasteiger partial charge < -0.3 is 15.8 Å². The van der Waals surface area contributed by atoms with Crippen molar-refractivity contribution < 1.29 is 19.1 Å². The number of hydrogen-bond acceptors (Lipinski definition) is 7. The molecule has 2 aromatic carbocycles. The van der Waals surface area contributed by atoms with Crippen LogP contribution >= 0.6 is 0 Å². The van der Waals surface area contributed by atoms with Crippen molar-refractivity contribution in [2.75, 3.05) is 12.4 Å². The summed E-state index contributed by atoms with van der Waals surface area (Å²) in [5.74, 6) is -1.56. The van der Waals surface area contributed by atoms with Crippen molar-refractivity contribution in [3.05, 3.63) is 63.6 Å². The highest BCUT2D eigenvalue weighted by atomic mass is 16.5. The van der Waals surface area contributed by atoms with E-state index in [0.717, 1.165) is 0 Å². The Morgan fingerprint density at radius 3 is 2.67 bits per heavy atom. The lowest BCUT2D eigenvalue weighted by Gasteiger charge is -2.23. The van der Waals surface area contributed by atoms with Crippen LogP contribution in [0.4, 0.5) is 5.69 Å². The number of primary amides is 1. The van der Waals surface area contributed by atoms with Gasteiger partial charge in [0.05, 0.1) is 30.1 Å². The number of piperidine rings is 1. The molecule has 0 spiro atoms. The van der Waals surface area contributed by atoms with E-state index in [9.17, 15) is 19.2 Å². The van der Waals surface area contributed by atoms with E-state index in [-0.39, 0.29) is 12.3 Å². The number of H-pyrrole nitrogens is 1. The lowest BCUT2D eigenvalue weighted by atomic mass is 9.91. The van der Waals surface area contributed by atoms with Gasteiger partial charge in [0.25, 0.3) is 5.56 Å². The number of hydrogen-bond donors (Lipinski definition) is 4. The first-order chi connectivity index (χ1) is 15.8. The summed E-state index contributed by atoms with van der Waals surface area (Å²) in [6.45, 7) is 1.82. The molecule has 4 rings (SSSR count). The molecule has 1 aromatic heterocycles. The van der Waals surface area contributed by atoms with Crippen LogP contribution in [0, 0.1) is 0 Å². The minimum atomic E-state index is -0.662. The summed E-state index contributed by atoms with van der Waals surface area (Å²) in [6.07, 6.45) is 0.493. The normalized spacial score (nSPS) is 16.8. The maximum Gasteiger partial charge on any atom is 0.274 e. The molecular formula is C23H23N5O5. The Labute approximate surface area is 188 Å². The number of benzene rings is 2. The maximum absolute atomic E-state index is 12.8. The van der Waals surface area contributed by atoms with Gasteiger partial charge in [-0.3, -0.25) is 24.5 Å². The molecule has 5 N–H and O–H groups in total. The first-order valence-electron chi connectivity index (χ1n) is 10.4. The van der Waals surface area contributed by atoms with E-state index >= 15 is 0 Å². The molecule has 2 atom stereocenters. The van der Waals surface area contributed by atoms with Gasteiger partial charge in [-0.15, -0.1) is 0 Å². The number of imide groups is 1. The number of aromatic nitrogens is 2. The minimum absolute atomic E-state index is 0.192. The highest BCUT2D eigenvalue weighted by molar-refractivity contribution is 6.04. The molecule has 0 saturated carbocycles. The van der Waals surface area contributed by atoms with Crippen molar-refractivity contribution in [1.29, 1.82) is 0 Å². The summed E-state index contributed by atoms with van der Waals surface area (Å²) in [5, 5.41) is 13.0. The smallest absolute Gasteiger partial charge is 0.274 e. The number of anilines is 1. The van der Waals surface area contributed by atoms with E-state index in [0.29, 0.717) is 45.5 Å². The summed E-state index contributed by atoms with van der Waals surface area (Å²) in [4.78, 5) is 48.7. The summed E-state index contributed by atoms with van der Waals surface area (Å²) >= 11 is 0.